The lowest BCUT2D eigenvalue weighted by atomic mass is 10.1. The van der Waals surface area contributed by atoms with Crippen molar-refractivity contribution in [1.29, 1.82) is 0 Å². The fourth-order valence-electron chi connectivity index (χ4n) is 3.21. The van der Waals surface area contributed by atoms with Gasteiger partial charge in [-0.05, 0) is 32.4 Å². The van der Waals surface area contributed by atoms with Crippen molar-refractivity contribution in [3.05, 3.63) is 59.9 Å². The zero-order valence-electron chi connectivity index (χ0n) is 16.5. The molecule has 150 valence electrons. The third-order valence-corrected chi connectivity index (χ3v) is 4.60. The average molecular weight is 395 g/mol. The van der Waals surface area contributed by atoms with Gasteiger partial charge in [-0.25, -0.2) is 24.5 Å². The first-order valence-electron chi connectivity index (χ1n) is 9.47. The third-order valence-electron chi connectivity index (χ3n) is 4.60. The molecule has 0 fully saturated rings. The number of fused-ring (bicyclic) bond motifs is 1. The zero-order chi connectivity index (χ0) is 20.6. The second-order valence-electron chi connectivity index (χ2n) is 7.41. The molecule has 4 rings (SSSR count). The van der Waals surface area contributed by atoms with E-state index in [-0.39, 0.29) is 0 Å². The molecule has 1 N–H and O–H groups in total. The number of halogens is 1. The lowest BCUT2D eigenvalue weighted by Gasteiger charge is -2.11. The molecule has 0 amide bonds. The summed E-state index contributed by atoms with van der Waals surface area (Å²) >= 11 is 0. The van der Waals surface area contributed by atoms with Crippen LogP contribution in [0.2, 0.25) is 0 Å². The van der Waals surface area contributed by atoms with Gasteiger partial charge in [0.15, 0.2) is 17.3 Å². The number of aliphatic hydroxyl groups is 1. The maximum atomic E-state index is 13.6. The van der Waals surface area contributed by atoms with E-state index < -0.39 is 11.5 Å². The van der Waals surface area contributed by atoms with Gasteiger partial charge in [-0.2, -0.15) is 4.39 Å². The monoisotopic (exact) mass is 395 g/mol. The molecule has 0 aliphatic heterocycles. The van der Waals surface area contributed by atoms with Crippen molar-refractivity contribution in [2.24, 2.45) is 0 Å². The molecule has 0 saturated heterocycles. The fourth-order valence-corrected chi connectivity index (χ4v) is 3.21. The standard InChI is InChI=1S/C20H22FN7O/c1-4-6-13-15(23-12-28-17(13)25-19(26-28)20(2,3)29)11-27-10-9-22-18(27)14-7-5-8-16(21)24-14/h5,7-10,12,29H,4,6,11H2,1-3H3. The number of imidazole rings is 1. The highest BCUT2D eigenvalue weighted by Gasteiger charge is 2.24. The van der Waals surface area contributed by atoms with Crippen molar-refractivity contribution in [3.63, 3.8) is 0 Å². The Labute approximate surface area is 167 Å². The van der Waals surface area contributed by atoms with E-state index in [2.05, 4.69) is 32.0 Å². The van der Waals surface area contributed by atoms with Gasteiger partial charge in [-0.3, -0.25) is 0 Å². The largest absolute Gasteiger partial charge is 0.382 e. The van der Waals surface area contributed by atoms with Gasteiger partial charge in [0.05, 0.1) is 12.2 Å². The minimum atomic E-state index is -1.14. The van der Waals surface area contributed by atoms with Crippen LogP contribution in [0.3, 0.4) is 0 Å². The van der Waals surface area contributed by atoms with Crippen LogP contribution in [0, 0.1) is 5.95 Å². The molecular formula is C20H22FN7O. The van der Waals surface area contributed by atoms with Gasteiger partial charge < -0.3 is 9.67 Å². The van der Waals surface area contributed by atoms with Gasteiger partial charge >= 0.3 is 0 Å². The highest BCUT2D eigenvalue weighted by Crippen LogP contribution is 2.22. The minimum Gasteiger partial charge on any atom is -0.382 e. The molecule has 0 bridgehead atoms. The van der Waals surface area contributed by atoms with Gasteiger partial charge in [0.25, 0.3) is 0 Å². The van der Waals surface area contributed by atoms with Crippen LogP contribution in [0.1, 0.15) is 44.3 Å². The summed E-state index contributed by atoms with van der Waals surface area (Å²) in [7, 11) is 0. The van der Waals surface area contributed by atoms with E-state index in [4.69, 9.17) is 0 Å². The number of hydrogen-bond acceptors (Lipinski definition) is 6. The van der Waals surface area contributed by atoms with Crippen LogP contribution in [0.25, 0.3) is 17.2 Å². The van der Waals surface area contributed by atoms with Gasteiger partial charge in [0, 0.05) is 18.0 Å². The predicted octanol–water partition coefficient (Wildman–Crippen LogP) is 2.75. The topological polar surface area (TPSA) is 94.0 Å². The maximum Gasteiger partial charge on any atom is 0.213 e. The van der Waals surface area contributed by atoms with Crippen molar-refractivity contribution < 1.29 is 9.50 Å². The molecule has 0 aromatic carbocycles. The molecule has 0 radical (unpaired) electrons. The second-order valence-corrected chi connectivity index (χ2v) is 7.41. The van der Waals surface area contributed by atoms with Gasteiger partial charge in [0.2, 0.25) is 5.95 Å². The Kier molecular flexibility index (Phi) is 4.83. The number of rotatable bonds is 6. The Hall–Kier alpha value is -3.20. The minimum absolute atomic E-state index is 0.348. The van der Waals surface area contributed by atoms with Crippen LogP contribution in [-0.2, 0) is 18.6 Å². The van der Waals surface area contributed by atoms with Crippen LogP contribution in [-0.4, -0.2) is 39.2 Å². The summed E-state index contributed by atoms with van der Waals surface area (Å²) in [5.41, 5.74) is 1.78. The molecule has 0 aliphatic carbocycles. The van der Waals surface area contributed by atoms with Crippen molar-refractivity contribution in [2.45, 2.75) is 45.8 Å². The van der Waals surface area contributed by atoms with E-state index in [1.807, 2.05) is 10.8 Å². The van der Waals surface area contributed by atoms with E-state index in [1.165, 1.54) is 6.07 Å². The summed E-state index contributed by atoms with van der Waals surface area (Å²) in [4.78, 5) is 17.4. The molecule has 0 spiro atoms. The van der Waals surface area contributed by atoms with E-state index in [1.54, 1.807) is 43.0 Å². The Morgan fingerprint density at radius 2 is 2.00 bits per heavy atom. The zero-order valence-corrected chi connectivity index (χ0v) is 16.5. The maximum absolute atomic E-state index is 13.6. The number of aromatic nitrogens is 7. The first-order chi connectivity index (χ1) is 13.9. The van der Waals surface area contributed by atoms with Crippen molar-refractivity contribution in [3.8, 4) is 11.5 Å². The van der Waals surface area contributed by atoms with Gasteiger partial charge in [0.1, 0.15) is 17.6 Å². The van der Waals surface area contributed by atoms with Crippen LogP contribution >= 0.6 is 0 Å². The molecule has 4 aromatic rings. The Bertz CT molecular complexity index is 1160. The van der Waals surface area contributed by atoms with E-state index >= 15 is 0 Å². The van der Waals surface area contributed by atoms with Crippen LogP contribution in [0.15, 0.2) is 36.9 Å². The average Bonchev–Trinajstić information content (AvgIpc) is 3.30. The molecule has 29 heavy (non-hydrogen) atoms. The number of nitrogens with zero attached hydrogens (tertiary/aromatic N) is 7. The highest BCUT2D eigenvalue weighted by atomic mass is 19.1. The summed E-state index contributed by atoms with van der Waals surface area (Å²) in [6.07, 6.45) is 6.74. The normalized spacial score (nSPS) is 12.0. The van der Waals surface area contributed by atoms with Crippen LogP contribution < -0.4 is 0 Å². The summed E-state index contributed by atoms with van der Waals surface area (Å²) in [5.74, 6) is 0.360. The number of aryl methyl sites for hydroxylation is 1. The smallest absolute Gasteiger partial charge is 0.213 e. The van der Waals surface area contributed by atoms with E-state index in [0.717, 1.165) is 24.1 Å². The first kappa shape index (κ1) is 19.1. The SMILES string of the molecule is CCCc1c(Cn2ccnc2-c2cccc(F)n2)ncn2nc(C(C)(C)O)nc12. The Morgan fingerprint density at radius 1 is 1.17 bits per heavy atom. The second kappa shape index (κ2) is 7.32. The van der Waals surface area contributed by atoms with Crippen LogP contribution in [0.5, 0.6) is 0 Å². The van der Waals surface area contributed by atoms with Crippen molar-refractivity contribution in [2.75, 3.05) is 0 Å². The lowest BCUT2D eigenvalue weighted by Crippen LogP contribution is -2.17. The van der Waals surface area contributed by atoms with Crippen molar-refractivity contribution >= 4 is 5.65 Å². The molecule has 0 atom stereocenters. The summed E-state index contributed by atoms with van der Waals surface area (Å²) in [6, 6.07) is 4.63. The molecule has 9 heteroatoms. The number of pyridine rings is 1. The molecule has 0 aliphatic rings. The van der Waals surface area contributed by atoms with Gasteiger partial charge in [-0.15, -0.1) is 5.10 Å². The Morgan fingerprint density at radius 3 is 2.72 bits per heavy atom. The number of hydrogen-bond donors (Lipinski definition) is 1. The van der Waals surface area contributed by atoms with E-state index in [9.17, 15) is 9.50 Å². The summed E-state index contributed by atoms with van der Waals surface area (Å²) in [6.45, 7) is 5.82. The van der Waals surface area contributed by atoms with Gasteiger partial charge in [-0.1, -0.05) is 19.4 Å². The van der Waals surface area contributed by atoms with E-state index in [0.29, 0.717) is 29.5 Å². The lowest BCUT2D eigenvalue weighted by molar-refractivity contribution is 0.0690. The molecule has 0 saturated carbocycles. The highest BCUT2D eigenvalue weighted by molar-refractivity contribution is 5.52. The molecule has 4 aromatic heterocycles. The molecule has 8 nitrogen and oxygen atoms in total. The third kappa shape index (κ3) is 3.73. The summed E-state index contributed by atoms with van der Waals surface area (Å²) in [5, 5.41) is 14.6. The predicted molar refractivity (Wildman–Crippen MR) is 105 cm³/mol. The molecule has 0 unspecified atom stereocenters. The quantitative estimate of drug-likeness (QED) is 0.505. The van der Waals surface area contributed by atoms with Crippen LogP contribution in [0.4, 0.5) is 4.39 Å². The summed E-state index contributed by atoms with van der Waals surface area (Å²) < 4.78 is 17.0. The Balaban J connectivity index is 1.77. The fraction of sp³-hybridized carbons (Fsp3) is 0.350. The van der Waals surface area contributed by atoms with Crippen molar-refractivity contribution in [1.82, 2.24) is 34.1 Å². The molecular weight excluding hydrogens is 373 g/mol. The first-order valence-corrected chi connectivity index (χ1v) is 9.47. The molecule has 4 heterocycles.